The maximum atomic E-state index is 13.1. The van der Waals surface area contributed by atoms with Crippen LogP contribution in [0.15, 0.2) is 82.7 Å². The maximum absolute atomic E-state index is 13.1. The summed E-state index contributed by atoms with van der Waals surface area (Å²) < 4.78 is 28.8. The van der Waals surface area contributed by atoms with Gasteiger partial charge in [-0.2, -0.15) is 0 Å². The van der Waals surface area contributed by atoms with E-state index in [1.54, 1.807) is 18.2 Å². The van der Waals surface area contributed by atoms with Crippen molar-refractivity contribution >= 4 is 50.4 Å². The molecule has 1 heterocycles. The highest BCUT2D eigenvalue weighted by Crippen LogP contribution is 2.28. The van der Waals surface area contributed by atoms with Crippen molar-refractivity contribution in [1.82, 2.24) is 15.4 Å². The molecule has 1 aromatic heterocycles. The standard InChI is InChI=1S/C22H21N7O2S/c1-15-9-11-16(12-10-15)26-21-22(28-20-8-3-2-7-19(20)27-21)29-32(30,31)18-6-4-5-17(13-18)24-14-25-23/h2-14H,23H2,1H3,(H,24,25)(H,26,27)(H,28,29). The van der Waals surface area contributed by atoms with Gasteiger partial charge in [-0.3, -0.25) is 4.72 Å². The molecule has 0 radical (unpaired) electrons. The second-order valence-corrected chi connectivity index (χ2v) is 8.61. The highest BCUT2D eigenvalue weighted by Gasteiger charge is 2.19. The number of aromatic nitrogens is 2. The Morgan fingerprint density at radius 2 is 1.59 bits per heavy atom. The minimum atomic E-state index is -3.97. The predicted molar refractivity (Wildman–Crippen MR) is 127 cm³/mol. The van der Waals surface area contributed by atoms with Crippen molar-refractivity contribution in [3.63, 3.8) is 0 Å². The number of nitrogens with one attached hydrogen (secondary N) is 3. The first-order valence-electron chi connectivity index (χ1n) is 9.67. The predicted octanol–water partition coefficient (Wildman–Crippen LogP) is 3.61. The number of para-hydroxylation sites is 2. The monoisotopic (exact) mass is 447 g/mol. The molecule has 4 aromatic rings. The first kappa shape index (κ1) is 21.2. The number of benzene rings is 3. The van der Waals surface area contributed by atoms with Gasteiger partial charge >= 0.3 is 0 Å². The van der Waals surface area contributed by atoms with E-state index in [1.165, 1.54) is 18.5 Å². The number of nitrogens with two attached hydrogens (primary N) is 1. The van der Waals surface area contributed by atoms with Crippen molar-refractivity contribution in [2.24, 2.45) is 10.8 Å². The summed E-state index contributed by atoms with van der Waals surface area (Å²) in [5.41, 5.74) is 5.76. The Hall–Kier alpha value is -4.02. The van der Waals surface area contributed by atoms with Crippen molar-refractivity contribution in [3.05, 3.63) is 78.4 Å². The average molecular weight is 448 g/mol. The molecule has 162 valence electrons. The summed E-state index contributed by atoms with van der Waals surface area (Å²) in [6, 6.07) is 21.1. The summed E-state index contributed by atoms with van der Waals surface area (Å²) in [6.45, 7) is 1.99. The van der Waals surface area contributed by atoms with Gasteiger partial charge in [0.2, 0.25) is 0 Å². The molecule has 0 atom stereocenters. The van der Waals surface area contributed by atoms with Gasteiger partial charge in [0.15, 0.2) is 11.6 Å². The summed E-state index contributed by atoms with van der Waals surface area (Å²) in [5, 5.41) is 3.16. The average Bonchev–Trinajstić information content (AvgIpc) is 2.79. The Bertz CT molecular complexity index is 1390. The van der Waals surface area contributed by atoms with Gasteiger partial charge in [-0.1, -0.05) is 35.9 Å². The van der Waals surface area contributed by atoms with E-state index in [1.807, 2.05) is 49.4 Å². The molecule has 3 aromatic carbocycles. The van der Waals surface area contributed by atoms with E-state index in [9.17, 15) is 8.42 Å². The number of hydrogen-bond donors (Lipinski definition) is 4. The van der Waals surface area contributed by atoms with E-state index in [0.29, 0.717) is 16.7 Å². The van der Waals surface area contributed by atoms with Gasteiger partial charge in [0.05, 0.1) is 21.6 Å². The molecule has 0 bridgehead atoms. The summed E-state index contributed by atoms with van der Waals surface area (Å²) in [5.74, 6) is 5.56. The minimum Gasteiger partial charge on any atom is -0.337 e. The summed E-state index contributed by atoms with van der Waals surface area (Å²) in [7, 11) is -3.97. The third-order valence-corrected chi connectivity index (χ3v) is 5.87. The highest BCUT2D eigenvalue weighted by molar-refractivity contribution is 7.92. The number of aliphatic imine (C=N–C) groups is 1. The van der Waals surface area contributed by atoms with E-state index < -0.39 is 10.0 Å². The number of anilines is 3. The van der Waals surface area contributed by atoms with Crippen LogP contribution in [0.3, 0.4) is 0 Å². The molecule has 0 aliphatic rings. The Kier molecular flexibility index (Phi) is 5.97. The van der Waals surface area contributed by atoms with Crippen LogP contribution < -0.4 is 21.3 Å². The van der Waals surface area contributed by atoms with E-state index in [2.05, 4.69) is 30.4 Å². The van der Waals surface area contributed by atoms with Crippen LogP contribution in [0.2, 0.25) is 0 Å². The van der Waals surface area contributed by atoms with Gasteiger partial charge in [0, 0.05) is 5.69 Å². The number of hydrogen-bond acceptors (Lipinski definition) is 7. The largest absolute Gasteiger partial charge is 0.337 e. The van der Waals surface area contributed by atoms with E-state index in [-0.39, 0.29) is 16.5 Å². The van der Waals surface area contributed by atoms with Crippen molar-refractivity contribution in [2.45, 2.75) is 11.8 Å². The van der Waals surface area contributed by atoms with E-state index in [0.717, 1.165) is 11.3 Å². The zero-order valence-corrected chi connectivity index (χ0v) is 18.0. The molecule has 0 saturated heterocycles. The number of sulfonamides is 1. The van der Waals surface area contributed by atoms with Crippen LogP contribution in [-0.2, 0) is 10.0 Å². The van der Waals surface area contributed by atoms with Gasteiger partial charge in [0.25, 0.3) is 10.0 Å². The summed E-state index contributed by atoms with van der Waals surface area (Å²) in [6.07, 6.45) is 1.26. The Labute approximate surface area is 185 Å². The molecule has 9 nitrogen and oxygen atoms in total. The van der Waals surface area contributed by atoms with Crippen LogP contribution in [0.25, 0.3) is 11.0 Å². The number of nitrogens with zero attached hydrogens (tertiary/aromatic N) is 3. The number of aryl methyl sites for hydroxylation is 1. The Morgan fingerprint density at radius 3 is 2.28 bits per heavy atom. The first-order chi connectivity index (χ1) is 15.4. The molecular formula is C22H21N7O2S. The smallest absolute Gasteiger partial charge is 0.263 e. The fourth-order valence-electron chi connectivity index (χ4n) is 2.96. The van der Waals surface area contributed by atoms with Gasteiger partial charge in [-0.05, 0) is 49.4 Å². The SMILES string of the molecule is Cc1ccc(Nc2nc3ccccc3nc2NS(=O)(=O)c2cccc(N=CNN)c2)cc1. The minimum absolute atomic E-state index is 0.0282. The van der Waals surface area contributed by atoms with Crippen LogP contribution in [0.1, 0.15) is 5.56 Å². The topological polar surface area (TPSA) is 134 Å². The lowest BCUT2D eigenvalue weighted by atomic mass is 10.2. The zero-order chi connectivity index (χ0) is 22.6. The van der Waals surface area contributed by atoms with Crippen LogP contribution in [-0.4, -0.2) is 24.7 Å². The molecule has 0 unspecified atom stereocenters. The summed E-state index contributed by atoms with van der Waals surface area (Å²) in [4.78, 5) is 13.1. The quantitative estimate of drug-likeness (QED) is 0.147. The lowest BCUT2D eigenvalue weighted by molar-refractivity contribution is 0.601. The van der Waals surface area contributed by atoms with E-state index in [4.69, 9.17) is 5.84 Å². The van der Waals surface area contributed by atoms with Crippen molar-refractivity contribution < 1.29 is 8.42 Å². The summed E-state index contributed by atoms with van der Waals surface area (Å²) >= 11 is 0. The van der Waals surface area contributed by atoms with Gasteiger partial charge in [0.1, 0.15) is 6.34 Å². The molecule has 5 N–H and O–H groups in total. The van der Waals surface area contributed by atoms with Crippen LogP contribution in [0.4, 0.5) is 23.0 Å². The first-order valence-corrected chi connectivity index (χ1v) is 11.1. The normalized spacial score (nSPS) is 11.6. The molecule has 4 rings (SSSR count). The Balaban J connectivity index is 1.74. The molecule has 32 heavy (non-hydrogen) atoms. The van der Waals surface area contributed by atoms with Crippen molar-refractivity contribution in [1.29, 1.82) is 0 Å². The lowest BCUT2D eigenvalue weighted by Gasteiger charge is -2.14. The van der Waals surface area contributed by atoms with Crippen LogP contribution >= 0.6 is 0 Å². The van der Waals surface area contributed by atoms with Gasteiger partial charge in [-0.15, -0.1) is 0 Å². The third kappa shape index (κ3) is 4.82. The van der Waals surface area contributed by atoms with Gasteiger partial charge < -0.3 is 10.7 Å². The molecule has 0 amide bonds. The second-order valence-electron chi connectivity index (χ2n) is 6.93. The molecule has 0 spiro atoms. The molecule has 0 fully saturated rings. The zero-order valence-electron chi connectivity index (χ0n) is 17.1. The van der Waals surface area contributed by atoms with Crippen molar-refractivity contribution in [3.8, 4) is 0 Å². The third-order valence-electron chi connectivity index (χ3n) is 4.53. The van der Waals surface area contributed by atoms with Crippen molar-refractivity contribution in [2.75, 3.05) is 10.0 Å². The fraction of sp³-hybridized carbons (Fsp3) is 0.0455. The maximum Gasteiger partial charge on any atom is 0.263 e. The molecule has 0 saturated carbocycles. The van der Waals surface area contributed by atoms with Gasteiger partial charge in [-0.25, -0.2) is 29.2 Å². The number of hydrazine groups is 1. The van der Waals surface area contributed by atoms with Crippen LogP contribution in [0, 0.1) is 6.92 Å². The second kappa shape index (κ2) is 9.00. The highest BCUT2D eigenvalue weighted by atomic mass is 32.2. The molecular weight excluding hydrogens is 426 g/mol. The lowest BCUT2D eigenvalue weighted by Crippen LogP contribution is -2.18. The molecule has 0 aliphatic heterocycles. The van der Waals surface area contributed by atoms with E-state index >= 15 is 0 Å². The number of rotatable bonds is 7. The number of fused-ring (bicyclic) bond motifs is 1. The molecule has 10 heteroatoms. The molecule has 0 aliphatic carbocycles. The fourth-order valence-corrected chi connectivity index (χ4v) is 4.01. The Morgan fingerprint density at radius 1 is 0.906 bits per heavy atom. The van der Waals surface area contributed by atoms with Crippen LogP contribution in [0.5, 0.6) is 0 Å².